The molecule has 2 aliphatic rings. The van der Waals surface area contributed by atoms with Crippen molar-refractivity contribution in [3.05, 3.63) is 12.2 Å². The summed E-state index contributed by atoms with van der Waals surface area (Å²) in [5.74, 6) is 1.32. The molecule has 0 aromatic carbocycles. The van der Waals surface area contributed by atoms with Crippen LogP contribution in [0.3, 0.4) is 0 Å². The predicted octanol–water partition coefficient (Wildman–Crippen LogP) is 2.35. The number of aliphatic hydroxyl groups excluding tert-OH is 1. The topological polar surface area (TPSA) is 41.5 Å². The average molecular weight is 267 g/mol. The first-order valence-electron chi connectivity index (χ1n) is 7.63. The second-order valence-corrected chi connectivity index (χ2v) is 7.02. The van der Waals surface area contributed by atoms with Crippen molar-refractivity contribution in [3.8, 4) is 0 Å². The number of hydrogen-bond donors (Lipinski definition) is 2. The normalized spacial score (nSPS) is 34.2. The molecule has 0 aromatic rings. The van der Waals surface area contributed by atoms with Crippen molar-refractivity contribution in [3.63, 3.8) is 0 Å². The highest BCUT2D eigenvalue weighted by molar-refractivity contribution is 5.01. The van der Waals surface area contributed by atoms with Crippen LogP contribution in [0.15, 0.2) is 12.2 Å². The number of allylic oxidation sites excluding steroid dienone is 2. The molecule has 19 heavy (non-hydrogen) atoms. The van der Waals surface area contributed by atoms with Gasteiger partial charge in [0.2, 0.25) is 0 Å². The number of ether oxygens (including phenoxy) is 1. The zero-order valence-corrected chi connectivity index (χ0v) is 12.6. The van der Waals surface area contributed by atoms with Crippen molar-refractivity contribution >= 4 is 0 Å². The van der Waals surface area contributed by atoms with Gasteiger partial charge in [-0.2, -0.15) is 0 Å². The Balaban J connectivity index is 1.54. The minimum Gasteiger partial charge on any atom is -0.389 e. The van der Waals surface area contributed by atoms with Crippen molar-refractivity contribution in [1.29, 1.82) is 0 Å². The Hall–Kier alpha value is -0.380. The maximum absolute atomic E-state index is 9.89. The molecule has 4 atom stereocenters. The van der Waals surface area contributed by atoms with E-state index < -0.39 is 0 Å². The van der Waals surface area contributed by atoms with Crippen molar-refractivity contribution in [2.75, 3.05) is 19.8 Å². The van der Waals surface area contributed by atoms with E-state index in [-0.39, 0.29) is 6.10 Å². The summed E-state index contributed by atoms with van der Waals surface area (Å²) < 4.78 is 5.69. The van der Waals surface area contributed by atoms with E-state index in [0.717, 1.165) is 19.4 Å². The Bertz CT molecular complexity index is 314. The van der Waals surface area contributed by atoms with E-state index in [2.05, 4.69) is 38.2 Å². The van der Waals surface area contributed by atoms with Gasteiger partial charge in [0.05, 0.1) is 19.3 Å². The molecule has 1 saturated carbocycles. The zero-order valence-electron chi connectivity index (χ0n) is 12.6. The molecule has 0 bridgehead atoms. The molecule has 2 rings (SSSR count). The smallest absolute Gasteiger partial charge is 0.0897 e. The molecule has 110 valence electrons. The molecule has 3 nitrogen and oxygen atoms in total. The van der Waals surface area contributed by atoms with E-state index in [0.29, 0.717) is 36.4 Å². The summed E-state index contributed by atoms with van der Waals surface area (Å²) in [4.78, 5) is 0. The third kappa shape index (κ3) is 4.59. The molecule has 0 radical (unpaired) electrons. The maximum atomic E-state index is 9.89. The second-order valence-electron chi connectivity index (χ2n) is 7.02. The van der Waals surface area contributed by atoms with E-state index in [9.17, 15) is 5.11 Å². The predicted molar refractivity (Wildman–Crippen MR) is 78.0 cm³/mol. The fourth-order valence-electron chi connectivity index (χ4n) is 2.75. The molecule has 3 heteroatoms. The van der Waals surface area contributed by atoms with Crippen LogP contribution in [0.5, 0.6) is 0 Å². The number of hydrogen-bond acceptors (Lipinski definition) is 3. The second kappa shape index (κ2) is 6.38. The summed E-state index contributed by atoms with van der Waals surface area (Å²) in [5.41, 5.74) is 0.421. The Morgan fingerprint density at radius 3 is 2.68 bits per heavy atom. The zero-order chi connectivity index (χ0) is 13.9. The Morgan fingerprint density at radius 2 is 2.05 bits per heavy atom. The quantitative estimate of drug-likeness (QED) is 0.696. The van der Waals surface area contributed by atoms with Gasteiger partial charge in [0.25, 0.3) is 0 Å². The summed E-state index contributed by atoms with van der Waals surface area (Å²) >= 11 is 0. The van der Waals surface area contributed by atoms with Gasteiger partial charge < -0.3 is 15.2 Å². The minimum absolute atomic E-state index is 0.383. The molecular weight excluding hydrogens is 238 g/mol. The molecule has 2 N–H and O–H groups in total. The van der Waals surface area contributed by atoms with Crippen LogP contribution in [0.4, 0.5) is 0 Å². The van der Waals surface area contributed by atoms with Crippen molar-refractivity contribution in [1.82, 2.24) is 5.32 Å². The third-order valence-corrected chi connectivity index (χ3v) is 4.67. The number of aliphatic hydroxyl groups is 1. The third-order valence-electron chi connectivity index (χ3n) is 4.67. The lowest BCUT2D eigenvalue weighted by Crippen LogP contribution is -2.34. The number of rotatable bonds is 7. The molecule has 0 heterocycles. The lowest BCUT2D eigenvalue weighted by atomic mass is 9.85. The standard InChI is InChI=1S/C16H29NO2/c1-12-6-4-5-7-13(12)10-19-11-14(18)9-17-15-8-16(15,2)3/h4-5,12-15,17-18H,6-11H2,1-3H3. The molecule has 0 aliphatic heterocycles. The summed E-state index contributed by atoms with van der Waals surface area (Å²) in [7, 11) is 0. The van der Waals surface area contributed by atoms with Crippen molar-refractivity contribution < 1.29 is 9.84 Å². The van der Waals surface area contributed by atoms with Crippen LogP contribution in [0.1, 0.15) is 40.0 Å². The van der Waals surface area contributed by atoms with E-state index >= 15 is 0 Å². The van der Waals surface area contributed by atoms with Gasteiger partial charge in [-0.3, -0.25) is 0 Å². The van der Waals surface area contributed by atoms with Crippen molar-refractivity contribution in [2.45, 2.75) is 52.2 Å². The molecule has 2 aliphatic carbocycles. The van der Waals surface area contributed by atoms with Crippen LogP contribution in [-0.4, -0.2) is 37.0 Å². The van der Waals surface area contributed by atoms with Gasteiger partial charge in [-0.05, 0) is 36.5 Å². The van der Waals surface area contributed by atoms with Gasteiger partial charge in [0, 0.05) is 12.6 Å². The van der Waals surface area contributed by atoms with Gasteiger partial charge in [-0.15, -0.1) is 0 Å². The highest BCUT2D eigenvalue weighted by atomic mass is 16.5. The van der Waals surface area contributed by atoms with E-state index in [1.54, 1.807) is 0 Å². The van der Waals surface area contributed by atoms with Crippen LogP contribution in [0.2, 0.25) is 0 Å². The first-order chi connectivity index (χ1) is 8.99. The molecule has 0 saturated heterocycles. The van der Waals surface area contributed by atoms with Gasteiger partial charge in [-0.25, -0.2) is 0 Å². The largest absolute Gasteiger partial charge is 0.389 e. The molecule has 0 spiro atoms. The van der Waals surface area contributed by atoms with Gasteiger partial charge in [0.1, 0.15) is 0 Å². The van der Waals surface area contributed by atoms with Crippen LogP contribution in [0, 0.1) is 17.3 Å². The van der Waals surface area contributed by atoms with Gasteiger partial charge in [0.15, 0.2) is 0 Å². The highest BCUT2D eigenvalue weighted by Gasteiger charge is 2.45. The monoisotopic (exact) mass is 267 g/mol. The van der Waals surface area contributed by atoms with Crippen LogP contribution in [-0.2, 0) is 4.74 Å². The minimum atomic E-state index is -0.383. The summed E-state index contributed by atoms with van der Waals surface area (Å²) in [6.45, 7) is 8.67. The number of nitrogens with one attached hydrogen (secondary N) is 1. The van der Waals surface area contributed by atoms with E-state index in [1.165, 1.54) is 6.42 Å². The van der Waals surface area contributed by atoms with E-state index in [4.69, 9.17) is 4.74 Å². The van der Waals surface area contributed by atoms with Gasteiger partial charge >= 0.3 is 0 Å². The van der Waals surface area contributed by atoms with Crippen molar-refractivity contribution in [2.24, 2.45) is 17.3 Å². The summed E-state index contributed by atoms with van der Waals surface area (Å²) in [5, 5.41) is 13.3. The van der Waals surface area contributed by atoms with Crippen LogP contribution < -0.4 is 5.32 Å². The highest BCUT2D eigenvalue weighted by Crippen LogP contribution is 2.44. The molecular formula is C16H29NO2. The Morgan fingerprint density at radius 1 is 1.37 bits per heavy atom. The molecule has 0 amide bonds. The van der Waals surface area contributed by atoms with Gasteiger partial charge in [-0.1, -0.05) is 32.9 Å². The lowest BCUT2D eigenvalue weighted by Gasteiger charge is -2.25. The first kappa shape index (κ1) is 15.0. The van der Waals surface area contributed by atoms with Crippen LogP contribution in [0.25, 0.3) is 0 Å². The van der Waals surface area contributed by atoms with E-state index in [1.807, 2.05) is 0 Å². The van der Waals surface area contributed by atoms with Crippen LogP contribution >= 0.6 is 0 Å². The first-order valence-corrected chi connectivity index (χ1v) is 7.63. The summed E-state index contributed by atoms with van der Waals surface area (Å²) in [6.07, 6.45) is 7.62. The summed E-state index contributed by atoms with van der Waals surface area (Å²) in [6, 6.07) is 0.575. The Kier molecular flexibility index (Phi) is 5.04. The fourth-order valence-corrected chi connectivity index (χ4v) is 2.75. The Labute approximate surface area is 117 Å². The molecule has 1 fully saturated rings. The molecule has 4 unspecified atom stereocenters. The fraction of sp³-hybridized carbons (Fsp3) is 0.875. The lowest BCUT2D eigenvalue weighted by molar-refractivity contribution is 0.0125. The molecule has 0 aromatic heterocycles. The average Bonchev–Trinajstić information content (AvgIpc) is 2.97. The maximum Gasteiger partial charge on any atom is 0.0897 e. The SMILES string of the molecule is CC1CC=CCC1COCC(O)CNC1CC1(C)C.